The van der Waals surface area contributed by atoms with E-state index in [1.165, 1.54) is 0 Å². The highest BCUT2D eigenvalue weighted by atomic mass is 35.5. The van der Waals surface area contributed by atoms with Gasteiger partial charge in [-0.15, -0.1) is 0 Å². The molecule has 1 amide bonds. The van der Waals surface area contributed by atoms with Crippen molar-refractivity contribution in [3.8, 4) is 16.9 Å². The van der Waals surface area contributed by atoms with Crippen molar-refractivity contribution in [2.75, 3.05) is 0 Å². The zero-order chi connectivity index (χ0) is 26.5. The Kier molecular flexibility index (Phi) is 7.38. The first-order valence-electron chi connectivity index (χ1n) is 12.0. The third kappa shape index (κ3) is 5.85. The van der Waals surface area contributed by atoms with Gasteiger partial charge in [0, 0.05) is 29.4 Å². The van der Waals surface area contributed by atoms with Crippen LogP contribution in [0.3, 0.4) is 0 Å². The van der Waals surface area contributed by atoms with Gasteiger partial charge in [0.25, 0.3) is 5.91 Å². The minimum atomic E-state index is -1.13. The minimum Gasteiger partial charge on any atom is -0.489 e. The average Bonchev–Trinajstić information content (AvgIpc) is 3.37. The number of nitrogens with zero attached hydrogens (tertiary/aromatic N) is 2. The number of fused-ring (bicyclic) bond motifs is 1. The number of hydrogen-bond acceptors (Lipinski definition) is 4. The van der Waals surface area contributed by atoms with Crippen molar-refractivity contribution >= 4 is 29.1 Å². The predicted molar refractivity (Wildman–Crippen MR) is 145 cm³/mol. The molecule has 38 heavy (non-hydrogen) atoms. The van der Waals surface area contributed by atoms with E-state index in [1.54, 1.807) is 40.9 Å². The van der Waals surface area contributed by atoms with Gasteiger partial charge in [-0.05, 0) is 47.0 Å². The lowest BCUT2D eigenvalue weighted by Crippen LogP contribution is -2.42. The number of ether oxygens (including phenoxy) is 1. The van der Waals surface area contributed by atoms with Crippen molar-refractivity contribution in [3.05, 3.63) is 125 Å². The number of hydrogen-bond donors (Lipinski definition) is 2. The van der Waals surface area contributed by atoms with Crippen molar-refractivity contribution in [2.24, 2.45) is 0 Å². The quantitative estimate of drug-likeness (QED) is 0.259. The molecular weight excluding hydrogens is 502 g/mol. The van der Waals surface area contributed by atoms with Crippen molar-refractivity contribution in [2.45, 2.75) is 19.1 Å². The Morgan fingerprint density at radius 2 is 1.63 bits per heavy atom. The maximum atomic E-state index is 12.9. The zero-order valence-electron chi connectivity index (χ0n) is 20.3. The van der Waals surface area contributed by atoms with Crippen LogP contribution < -0.4 is 10.1 Å². The average molecular weight is 526 g/mol. The summed E-state index contributed by atoms with van der Waals surface area (Å²) in [6.07, 6.45) is 3.52. The molecule has 1 atom stereocenters. The fourth-order valence-corrected chi connectivity index (χ4v) is 4.33. The number of amides is 1. The van der Waals surface area contributed by atoms with E-state index in [4.69, 9.17) is 16.3 Å². The number of nitrogens with one attached hydrogen (secondary N) is 1. The van der Waals surface area contributed by atoms with Crippen LogP contribution in [0.25, 0.3) is 16.8 Å². The number of pyridine rings is 1. The third-order valence-electron chi connectivity index (χ3n) is 6.08. The van der Waals surface area contributed by atoms with Crippen LogP contribution in [0.2, 0.25) is 5.02 Å². The third-order valence-corrected chi connectivity index (χ3v) is 6.41. The summed E-state index contributed by atoms with van der Waals surface area (Å²) >= 11 is 6.32. The fraction of sp³-hybridized carbons (Fsp3) is 0.100. The summed E-state index contributed by atoms with van der Waals surface area (Å²) in [5.41, 5.74) is 4.22. The van der Waals surface area contributed by atoms with Crippen molar-refractivity contribution < 1.29 is 19.4 Å². The molecule has 2 aromatic heterocycles. The highest BCUT2D eigenvalue weighted by Gasteiger charge is 2.23. The second-order valence-corrected chi connectivity index (χ2v) is 9.18. The van der Waals surface area contributed by atoms with Gasteiger partial charge in [0.2, 0.25) is 0 Å². The monoisotopic (exact) mass is 525 g/mol. The van der Waals surface area contributed by atoms with E-state index in [0.29, 0.717) is 23.0 Å². The van der Waals surface area contributed by atoms with Crippen LogP contribution >= 0.6 is 11.6 Å². The lowest BCUT2D eigenvalue weighted by Gasteiger charge is -2.14. The molecule has 0 aliphatic heterocycles. The van der Waals surface area contributed by atoms with Gasteiger partial charge in [0.15, 0.2) is 0 Å². The highest BCUT2D eigenvalue weighted by molar-refractivity contribution is 6.33. The van der Waals surface area contributed by atoms with Gasteiger partial charge in [-0.2, -0.15) is 0 Å². The number of aliphatic carboxylic acids is 1. The van der Waals surface area contributed by atoms with Gasteiger partial charge in [0.1, 0.15) is 29.7 Å². The van der Waals surface area contributed by atoms with E-state index in [1.807, 2.05) is 66.9 Å². The lowest BCUT2D eigenvalue weighted by molar-refractivity contribution is -0.139. The molecule has 2 N–H and O–H groups in total. The van der Waals surface area contributed by atoms with Crippen molar-refractivity contribution in [1.82, 2.24) is 14.7 Å². The largest absolute Gasteiger partial charge is 0.489 e. The van der Waals surface area contributed by atoms with E-state index in [0.717, 1.165) is 22.3 Å². The summed E-state index contributed by atoms with van der Waals surface area (Å²) in [4.78, 5) is 29.2. The summed E-state index contributed by atoms with van der Waals surface area (Å²) in [6, 6.07) is 27.0. The number of rotatable bonds is 9. The predicted octanol–water partition coefficient (Wildman–Crippen LogP) is 5.66. The van der Waals surface area contributed by atoms with Crippen LogP contribution in [0.1, 0.15) is 21.6 Å². The van der Waals surface area contributed by atoms with Gasteiger partial charge in [0.05, 0.1) is 0 Å². The first-order valence-corrected chi connectivity index (χ1v) is 12.4. The molecule has 2 heterocycles. The van der Waals surface area contributed by atoms with Crippen molar-refractivity contribution in [3.63, 3.8) is 0 Å². The van der Waals surface area contributed by atoms with E-state index in [-0.39, 0.29) is 12.1 Å². The molecule has 5 aromatic rings. The Hall–Kier alpha value is -4.62. The molecule has 8 heteroatoms. The highest BCUT2D eigenvalue weighted by Crippen LogP contribution is 2.27. The Bertz CT molecular complexity index is 1580. The zero-order valence-corrected chi connectivity index (χ0v) is 21.0. The van der Waals surface area contributed by atoms with Crippen molar-refractivity contribution in [1.29, 1.82) is 0 Å². The second-order valence-electron chi connectivity index (χ2n) is 8.78. The number of imidazole rings is 1. The van der Waals surface area contributed by atoms with Crippen LogP contribution in [0.5, 0.6) is 5.75 Å². The number of aromatic nitrogens is 2. The van der Waals surface area contributed by atoms with Gasteiger partial charge < -0.3 is 19.6 Å². The number of carboxylic acids is 1. The molecule has 0 fully saturated rings. The molecule has 0 saturated carbocycles. The Morgan fingerprint density at radius 3 is 2.37 bits per heavy atom. The first kappa shape index (κ1) is 25.0. The Morgan fingerprint density at radius 1 is 0.895 bits per heavy atom. The van der Waals surface area contributed by atoms with Gasteiger partial charge >= 0.3 is 5.97 Å². The molecule has 0 aliphatic rings. The minimum absolute atomic E-state index is 0.115. The normalized spacial score (nSPS) is 11.7. The van der Waals surface area contributed by atoms with Crippen LogP contribution in [0, 0.1) is 0 Å². The number of carboxylic acid groups (broad SMARTS) is 1. The second kappa shape index (κ2) is 11.2. The summed E-state index contributed by atoms with van der Waals surface area (Å²) in [6.45, 7) is 0.437. The fourth-order valence-electron chi connectivity index (χ4n) is 4.09. The lowest BCUT2D eigenvalue weighted by atomic mass is 10.1. The summed E-state index contributed by atoms with van der Waals surface area (Å²) in [5.74, 6) is -1.02. The molecule has 0 spiro atoms. The molecule has 0 bridgehead atoms. The van der Waals surface area contributed by atoms with Gasteiger partial charge in [-0.3, -0.25) is 4.79 Å². The molecule has 0 aliphatic carbocycles. The smallest absolute Gasteiger partial charge is 0.326 e. The number of carbonyl (C=O) groups is 2. The number of carbonyl (C=O) groups excluding carboxylic acids is 1. The first-order chi connectivity index (χ1) is 18.5. The summed E-state index contributed by atoms with van der Waals surface area (Å²) < 4.78 is 7.51. The van der Waals surface area contributed by atoms with Crippen LogP contribution in [-0.4, -0.2) is 32.4 Å². The Labute approximate surface area is 224 Å². The molecule has 3 aromatic carbocycles. The standard InChI is InChI=1S/C30H24ClN3O4/c31-25-9-5-4-8-24(25)22-12-15-28-32-27(18-34(28)17-22)29(35)33-26(30(36)37)16-20-10-13-23(14-11-20)38-19-21-6-2-1-3-7-21/h1-15,17-18,26H,16,19H2,(H,33,35)(H,36,37)/t26-/m0/s1. The molecule has 190 valence electrons. The van der Waals surface area contributed by atoms with E-state index in [9.17, 15) is 14.7 Å². The van der Waals surface area contributed by atoms with E-state index < -0.39 is 17.9 Å². The topological polar surface area (TPSA) is 92.9 Å². The van der Waals surface area contributed by atoms with Crippen LogP contribution in [0.15, 0.2) is 103 Å². The molecular formula is C30H24ClN3O4. The molecule has 0 unspecified atom stereocenters. The maximum absolute atomic E-state index is 12.9. The summed E-state index contributed by atoms with van der Waals surface area (Å²) in [5, 5.41) is 13.0. The summed E-state index contributed by atoms with van der Waals surface area (Å²) in [7, 11) is 0. The van der Waals surface area contributed by atoms with Crippen LogP contribution in [-0.2, 0) is 17.8 Å². The number of benzene rings is 3. The number of halogens is 1. The van der Waals surface area contributed by atoms with E-state index >= 15 is 0 Å². The van der Waals surface area contributed by atoms with Crippen LogP contribution in [0.4, 0.5) is 0 Å². The molecule has 0 saturated heterocycles. The van der Waals surface area contributed by atoms with E-state index in [2.05, 4.69) is 10.3 Å². The molecule has 5 rings (SSSR count). The molecule has 7 nitrogen and oxygen atoms in total. The molecule has 0 radical (unpaired) electrons. The maximum Gasteiger partial charge on any atom is 0.326 e. The van der Waals surface area contributed by atoms with Gasteiger partial charge in [-0.25, -0.2) is 9.78 Å². The van der Waals surface area contributed by atoms with Gasteiger partial charge in [-0.1, -0.05) is 72.3 Å². The Balaban J connectivity index is 1.25. The SMILES string of the molecule is O=C(N[C@@H](Cc1ccc(OCc2ccccc2)cc1)C(=O)O)c1cn2cc(-c3ccccc3Cl)ccc2n1.